The fraction of sp³-hybridized carbons (Fsp3) is 0.368. The minimum Gasteiger partial charge on any atom is -0.331 e. The van der Waals surface area contributed by atoms with E-state index in [9.17, 15) is 9.59 Å². The summed E-state index contributed by atoms with van der Waals surface area (Å²) in [6.45, 7) is 2.00. The van der Waals surface area contributed by atoms with E-state index in [4.69, 9.17) is 11.6 Å². The second-order valence-electron chi connectivity index (χ2n) is 7.05. The number of benzene rings is 1. The molecule has 2 aromatic rings. The van der Waals surface area contributed by atoms with Crippen molar-refractivity contribution in [1.29, 1.82) is 0 Å². The van der Waals surface area contributed by atoms with Crippen LogP contribution < -0.4 is 10.6 Å². The Bertz CT molecular complexity index is 952. The molecule has 0 atom stereocenters. The number of urea groups is 1. The first kappa shape index (κ1) is 18.9. The maximum absolute atomic E-state index is 12.8. The van der Waals surface area contributed by atoms with Gasteiger partial charge < -0.3 is 10.6 Å². The molecule has 1 aromatic carbocycles. The van der Waals surface area contributed by atoms with E-state index in [1.165, 1.54) is 17.6 Å². The Morgan fingerprint density at radius 2 is 2.04 bits per heavy atom. The Labute approximate surface area is 171 Å². The Morgan fingerprint density at radius 3 is 2.79 bits per heavy atom. The Hall–Kier alpha value is -2.45. The number of anilines is 2. The van der Waals surface area contributed by atoms with Gasteiger partial charge in [0.2, 0.25) is 0 Å². The number of nitrogens with one attached hydrogen (secondary N) is 2. The number of rotatable bonds is 4. The fourth-order valence-electron chi connectivity index (χ4n) is 3.59. The van der Waals surface area contributed by atoms with Crippen molar-refractivity contribution >= 4 is 51.9 Å². The average molecular weight is 418 g/mol. The molecule has 2 aliphatic rings. The third kappa shape index (κ3) is 3.49. The smallest absolute Gasteiger partial charge is 0.331 e. The lowest BCUT2D eigenvalue weighted by Crippen LogP contribution is -2.48. The highest BCUT2D eigenvalue weighted by Gasteiger charge is 2.51. The lowest BCUT2D eigenvalue weighted by atomic mass is 9.82. The quantitative estimate of drug-likeness (QED) is 0.568. The summed E-state index contributed by atoms with van der Waals surface area (Å²) in [5.74, 6) is -0.285. The van der Waals surface area contributed by atoms with Crippen molar-refractivity contribution in [3.8, 4) is 0 Å². The highest BCUT2D eigenvalue weighted by molar-refractivity contribution is 7.17. The highest BCUT2D eigenvalue weighted by atomic mass is 35.5. The van der Waals surface area contributed by atoms with Crippen LogP contribution in [-0.2, 0) is 4.79 Å². The third-order valence-corrected chi connectivity index (χ3v) is 6.44. The molecule has 1 saturated carbocycles. The molecular weight excluding hydrogens is 398 g/mol. The first-order chi connectivity index (χ1) is 13.5. The van der Waals surface area contributed by atoms with Crippen LogP contribution in [0.2, 0.25) is 5.15 Å². The van der Waals surface area contributed by atoms with Gasteiger partial charge in [0.25, 0.3) is 5.91 Å². The van der Waals surface area contributed by atoms with Crippen molar-refractivity contribution in [1.82, 2.24) is 15.3 Å². The molecule has 3 amide bonds. The maximum atomic E-state index is 12.8. The van der Waals surface area contributed by atoms with E-state index >= 15 is 0 Å². The van der Waals surface area contributed by atoms with Gasteiger partial charge in [-0.25, -0.2) is 9.78 Å². The predicted octanol–water partition coefficient (Wildman–Crippen LogP) is 4.44. The number of para-hydroxylation sites is 1. The number of aromatic nitrogens is 1. The molecule has 0 radical (unpaired) electrons. The zero-order valence-electron chi connectivity index (χ0n) is 15.4. The van der Waals surface area contributed by atoms with Gasteiger partial charge in [0.15, 0.2) is 10.3 Å². The number of hydrogen-bond acceptors (Lipinski definition) is 6. The van der Waals surface area contributed by atoms with E-state index < -0.39 is 11.6 Å². The van der Waals surface area contributed by atoms with Crippen LogP contribution in [-0.4, -0.2) is 33.7 Å². The van der Waals surface area contributed by atoms with E-state index in [1.54, 1.807) is 0 Å². The number of halogens is 1. The molecule has 2 heterocycles. The summed E-state index contributed by atoms with van der Waals surface area (Å²) in [4.78, 5) is 29.9. The van der Waals surface area contributed by atoms with Crippen LogP contribution >= 0.6 is 22.9 Å². The maximum Gasteiger partial charge on any atom is 0.346 e. The SMILES string of the molecule is Cc1ccccc1Nc1nc(Cl)c(/C=N/N2C(=O)NC3(CCCCC3)C2=O)s1. The number of imide groups is 1. The number of hydrogen-bond donors (Lipinski definition) is 2. The van der Waals surface area contributed by atoms with Gasteiger partial charge in [0.1, 0.15) is 5.54 Å². The molecule has 4 rings (SSSR count). The Morgan fingerprint density at radius 1 is 1.29 bits per heavy atom. The van der Waals surface area contributed by atoms with Crippen LogP contribution in [0.5, 0.6) is 0 Å². The van der Waals surface area contributed by atoms with Gasteiger partial charge in [-0.1, -0.05) is 60.4 Å². The van der Waals surface area contributed by atoms with Crippen molar-refractivity contribution < 1.29 is 9.59 Å². The molecule has 1 saturated heterocycles. The highest BCUT2D eigenvalue weighted by Crippen LogP contribution is 2.34. The molecule has 146 valence electrons. The van der Waals surface area contributed by atoms with Crippen molar-refractivity contribution in [2.24, 2.45) is 5.10 Å². The van der Waals surface area contributed by atoms with Gasteiger partial charge in [-0.2, -0.15) is 5.10 Å². The van der Waals surface area contributed by atoms with Crippen LogP contribution in [0.3, 0.4) is 0 Å². The number of carbonyl (C=O) groups is 2. The van der Waals surface area contributed by atoms with Crippen LogP contribution in [0.4, 0.5) is 15.6 Å². The molecule has 2 fully saturated rings. The first-order valence-corrected chi connectivity index (χ1v) is 10.4. The number of carbonyl (C=O) groups excluding carboxylic acids is 2. The van der Waals surface area contributed by atoms with E-state index in [0.717, 1.165) is 35.5 Å². The summed E-state index contributed by atoms with van der Waals surface area (Å²) >= 11 is 7.52. The monoisotopic (exact) mass is 417 g/mol. The van der Waals surface area contributed by atoms with Gasteiger partial charge in [0, 0.05) is 5.69 Å². The second-order valence-corrected chi connectivity index (χ2v) is 8.44. The number of thiazole rings is 1. The molecule has 28 heavy (non-hydrogen) atoms. The molecule has 2 N–H and O–H groups in total. The zero-order chi connectivity index (χ0) is 19.7. The van der Waals surface area contributed by atoms with Gasteiger partial charge >= 0.3 is 6.03 Å². The average Bonchev–Trinajstić information content (AvgIpc) is 3.13. The summed E-state index contributed by atoms with van der Waals surface area (Å²) in [6, 6.07) is 7.37. The van der Waals surface area contributed by atoms with E-state index in [2.05, 4.69) is 20.7 Å². The molecule has 1 spiro atoms. The molecule has 9 heteroatoms. The molecule has 0 unspecified atom stereocenters. The fourth-order valence-corrected chi connectivity index (χ4v) is 4.63. The lowest BCUT2D eigenvalue weighted by molar-refractivity contribution is -0.132. The molecule has 1 aliphatic heterocycles. The lowest BCUT2D eigenvalue weighted by Gasteiger charge is -2.29. The van der Waals surface area contributed by atoms with Gasteiger partial charge in [-0.05, 0) is 31.4 Å². The molecular formula is C19H20ClN5O2S. The summed E-state index contributed by atoms with van der Waals surface area (Å²) in [5, 5.41) is 12.0. The van der Waals surface area contributed by atoms with Crippen LogP contribution in [0.15, 0.2) is 29.4 Å². The van der Waals surface area contributed by atoms with Crippen LogP contribution in [0, 0.1) is 6.92 Å². The van der Waals surface area contributed by atoms with Gasteiger partial charge in [-0.15, -0.1) is 5.01 Å². The summed E-state index contributed by atoms with van der Waals surface area (Å²) in [7, 11) is 0. The molecule has 1 aromatic heterocycles. The number of nitrogens with zero attached hydrogens (tertiary/aromatic N) is 3. The number of hydrazone groups is 1. The summed E-state index contributed by atoms with van der Waals surface area (Å²) in [5.41, 5.74) is 1.23. The summed E-state index contributed by atoms with van der Waals surface area (Å²) < 4.78 is 0. The van der Waals surface area contributed by atoms with Gasteiger partial charge in [-0.3, -0.25) is 4.79 Å². The normalized spacial score (nSPS) is 18.9. The largest absolute Gasteiger partial charge is 0.346 e. The van der Waals surface area contributed by atoms with E-state index in [0.29, 0.717) is 22.9 Å². The third-order valence-electron chi connectivity index (χ3n) is 5.13. The standard InChI is InChI=1S/C19H20ClN5O2S/c1-12-7-3-4-8-13(12)22-17-23-15(20)14(28-17)11-21-25-16(26)19(24-18(25)27)9-5-2-6-10-19/h3-4,7-8,11H,2,5-6,9-10H2,1H3,(H,22,23)(H,24,27)/b21-11+. The van der Waals surface area contributed by atoms with Crippen molar-refractivity contribution in [3.63, 3.8) is 0 Å². The minimum atomic E-state index is -0.790. The van der Waals surface area contributed by atoms with Gasteiger partial charge in [0.05, 0.1) is 11.1 Å². The Balaban J connectivity index is 1.51. The van der Waals surface area contributed by atoms with Crippen molar-refractivity contribution in [2.75, 3.05) is 5.32 Å². The van der Waals surface area contributed by atoms with Crippen molar-refractivity contribution in [3.05, 3.63) is 39.9 Å². The number of amides is 3. The number of aryl methyl sites for hydroxylation is 1. The first-order valence-electron chi connectivity index (χ1n) is 9.18. The molecule has 1 aliphatic carbocycles. The van der Waals surface area contributed by atoms with Crippen LogP contribution in [0.1, 0.15) is 42.5 Å². The Kier molecular flexibility index (Phi) is 5.07. The van der Waals surface area contributed by atoms with Crippen molar-refractivity contribution in [2.45, 2.75) is 44.6 Å². The summed E-state index contributed by atoms with van der Waals surface area (Å²) in [6.07, 6.45) is 5.69. The van der Waals surface area contributed by atoms with E-state index in [1.807, 2.05) is 31.2 Å². The molecule has 0 bridgehead atoms. The topological polar surface area (TPSA) is 86.7 Å². The van der Waals surface area contributed by atoms with E-state index in [-0.39, 0.29) is 11.1 Å². The molecule has 7 nitrogen and oxygen atoms in total. The second kappa shape index (κ2) is 7.52. The zero-order valence-corrected chi connectivity index (χ0v) is 16.9. The van der Waals surface area contributed by atoms with Crippen LogP contribution in [0.25, 0.3) is 0 Å². The predicted molar refractivity (Wildman–Crippen MR) is 110 cm³/mol. The minimum absolute atomic E-state index is 0.268.